The lowest BCUT2D eigenvalue weighted by atomic mass is 9.96. The molecule has 1 aromatic heterocycles. The monoisotopic (exact) mass is 317 g/mol. The smallest absolute Gasteiger partial charge is 0.254 e. The normalized spacial score (nSPS) is 13.4. The van der Waals surface area contributed by atoms with Gasteiger partial charge in [0.15, 0.2) is 0 Å². The highest BCUT2D eigenvalue weighted by atomic mass is 16.5. The van der Waals surface area contributed by atoms with Crippen LogP contribution in [0.5, 0.6) is 5.75 Å². The molecule has 124 valence electrons. The fourth-order valence-corrected chi connectivity index (χ4v) is 2.47. The van der Waals surface area contributed by atoms with Gasteiger partial charge in [-0.2, -0.15) is 0 Å². The third kappa shape index (κ3) is 4.60. The van der Waals surface area contributed by atoms with Crippen molar-refractivity contribution in [3.63, 3.8) is 0 Å². The van der Waals surface area contributed by atoms with Crippen molar-refractivity contribution in [1.82, 2.24) is 5.32 Å². The van der Waals surface area contributed by atoms with Crippen LogP contribution < -0.4 is 10.1 Å². The van der Waals surface area contributed by atoms with E-state index in [0.29, 0.717) is 23.5 Å². The summed E-state index contributed by atoms with van der Waals surface area (Å²) >= 11 is 0. The number of carbonyl (C=O) groups excluding carboxylic acids is 1. The Morgan fingerprint density at radius 3 is 2.48 bits per heavy atom. The van der Waals surface area contributed by atoms with E-state index in [4.69, 9.17) is 9.15 Å². The van der Waals surface area contributed by atoms with Gasteiger partial charge in [0.2, 0.25) is 0 Å². The lowest BCUT2D eigenvalue weighted by Crippen LogP contribution is -2.42. The summed E-state index contributed by atoms with van der Waals surface area (Å²) in [5.74, 6) is 1.80. The molecule has 23 heavy (non-hydrogen) atoms. The largest absolute Gasteiger partial charge is 0.497 e. The molecular formula is C18H23NO4. The second-order valence-corrected chi connectivity index (χ2v) is 6.03. The van der Waals surface area contributed by atoms with E-state index in [1.807, 2.05) is 24.3 Å². The highest BCUT2D eigenvalue weighted by Crippen LogP contribution is 2.17. The van der Waals surface area contributed by atoms with Crippen molar-refractivity contribution in [2.45, 2.75) is 32.8 Å². The van der Waals surface area contributed by atoms with Crippen LogP contribution in [0.3, 0.4) is 0 Å². The molecule has 2 aromatic rings. The molecule has 1 amide bonds. The van der Waals surface area contributed by atoms with Gasteiger partial charge in [0.25, 0.3) is 5.91 Å². The molecule has 0 radical (unpaired) electrons. The fraction of sp³-hybridized carbons (Fsp3) is 0.389. The van der Waals surface area contributed by atoms with Gasteiger partial charge < -0.3 is 19.6 Å². The minimum absolute atomic E-state index is 0.154. The second-order valence-electron chi connectivity index (χ2n) is 6.03. The van der Waals surface area contributed by atoms with Gasteiger partial charge in [-0.25, -0.2) is 0 Å². The molecular weight excluding hydrogens is 294 g/mol. The van der Waals surface area contributed by atoms with E-state index in [9.17, 15) is 9.90 Å². The Hall–Kier alpha value is -2.27. The van der Waals surface area contributed by atoms with Crippen LogP contribution in [0.4, 0.5) is 0 Å². The summed E-state index contributed by atoms with van der Waals surface area (Å²) in [6, 6.07) is 9.20. The Bertz CT molecular complexity index is 671. The van der Waals surface area contributed by atoms with Crippen LogP contribution >= 0.6 is 0 Å². The van der Waals surface area contributed by atoms with Crippen molar-refractivity contribution < 1.29 is 19.1 Å². The van der Waals surface area contributed by atoms with E-state index in [1.54, 1.807) is 33.9 Å². The summed E-state index contributed by atoms with van der Waals surface area (Å²) in [6.07, 6.45) is 0.431. The number of aliphatic hydroxyl groups is 1. The number of nitrogens with one attached hydrogen (secondary N) is 1. The third-order valence-corrected chi connectivity index (χ3v) is 3.66. The molecule has 0 saturated heterocycles. The van der Waals surface area contributed by atoms with Gasteiger partial charge in [0.1, 0.15) is 17.3 Å². The summed E-state index contributed by atoms with van der Waals surface area (Å²) < 4.78 is 10.5. The first-order valence-corrected chi connectivity index (χ1v) is 7.51. The predicted molar refractivity (Wildman–Crippen MR) is 87.8 cm³/mol. The fourth-order valence-electron chi connectivity index (χ4n) is 2.47. The minimum Gasteiger partial charge on any atom is -0.497 e. The molecule has 1 atom stereocenters. The molecule has 1 heterocycles. The van der Waals surface area contributed by atoms with Crippen LogP contribution in [0.25, 0.3) is 0 Å². The predicted octanol–water partition coefficient (Wildman–Crippen LogP) is 2.63. The molecule has 0 unspecified atom stereocenters. The molecule has 0 saturated carbocycles. The van der Waals surface area contributed by atoms with E-state index in [-0.39, 0.29) is 12.5 Å². The second kappa shape index (κ2) is 6.87. The van der Waals surface area contributed by atoms with Gasteiger partial charge in [-0.1, -0.05) is 12.1 Å². The molecule has 0 aliphatic carbocycles. The number of aryl methyl sites for hydroxylation is 2. The molecule has 1 aromatic carbocycles. The van der Waals surface area contributed by atoms with Gasteiger partial charge in [0.05, 0.1) is 18.3 Å². The average molecular weight is 317 g/mol. The van der Waals surface area contributed by atoms with Crippen LogP contribution in [0.15, 0.2) is 34.7 Å². The lowest BCUT2D eigenvalue weighted by molar-refractivity contribution is 0.0552. The van der Waals surface area contributed by atoms with E-state index >= 15 is 0 Å². The number of hydrogen-bond donors (Lipinski definition) is 2. The lowest BCUT2D eigenvalue weighted by Gasteiger charge is -2.24. The van der Waals surface area contributed by atoms with Crippen LogP contribution in [0, 0.1) is 13.8 Å². The number of benzene rings is 1. The first-order chi connectivity index (χ1) is 10.8. The third-order valence-electron chi connectivity index (χ3n) is 3.66. The Kier molecular flexibility index (Phi) is 5.11. The van der Waals surface area contributed by atoms with Crippen molar-refractivity contribution in [3.8, 4) is 5.75 Å². The summed E-state index contributed by atoms with van der Waals surface area (Å²) in [4.78, 5) is 12.2. The standard InChI is InChI=1S/C18H23NO4/c1-12-9-16(13(2)23-12)17(20)19-11-18(3,21)10-14-5-7-15(22-4)8-6-14/h5-9,21H,10-11H2,1-4H3,(H,19,20)/t18-/m0/s1. The van der Waals surface area contributed by atoms with Crippen LogP contribution in [-0.2, 0) is 6.42 Å². The van der Waals surface area contributed by atoms with E-state index in [1.165, 1.54) is 0 Å². The van der Waals surface area contributed by atoms with Crippen molar-refractivity contribution in [2.24, 2.45) is 0 Å². The van der Waals surface area contributed by atoms with E-state index in [2.05, 4.69) is 5.32 Å². The SMILES string of the molecule is COc1ccc(C[C@](C)(O)CNC(=O)c2cc(C)oc2C)cc1. The number of ether oxygens (including phenoxy) is 1. The van der Waals surface area contributed by atoms with Crippen molar-refractivity contribution >= 4 is 5.91 Å². The van der Waals surface area contributed by atoms with Crippen molar-refractivity contribution in [2.75, 3.05) is 13.7 Å². The van der Waals surface area contributed by atoms with Gasteiger partial charge >= 0.3 is 0 Å². The highest BCUT2D eigenvalue weighted by Gasteiger charge is 2.23. The zero-order valence-corrected chi connectivity index (χ0v) is 14.0. The topological polar surface area (TPSA) is 71.7 Å². The minimum atomic E-state index is -1.04. The molecule has 0 aliphatic rings. The molecule has 0 fully saturated rings. The van der Waals surface area contributed by atoms with Crippen molar-refractivity contribution in [3.05, 3.63) is 53.0 Å². The first-order valence-electron chi connectivity index (χ1n) is 7.51. The molecule has 0 aliphatic heterocycles. The number of carbonyl (C=O) groups is 1. The number of furan rings is 1. The molecule has 2 rings (SSSR count). The highest BCUT2D eigenvalue weighted by molar-refractivity contribution is 5.95. The summed E-state index contributed by atoms with van der Waals surface area (Å²) in [5, 5.41) is 13.3. The Morgan fingerprint density at radius 2 is 1.96 bits per heavy atom. The van der Waals surface area contributed by atoms with Crippen LogP contribution in [0.1, 0.15) is 34.4 Å². The number of amides is 1. The summed E-state index contributed by atoms with van der Waals surface area (Å²) in [6.45, 7) is 5.40. The van der Waals surface area contributed by atoms with Crippen molar-refractivity contribution in [1.29, 1.82) is 0 Å². The average Bonchev–Trinajstić information content (AvgIpc) is 2.84. The van der Waals surface area contributed by atoms with E-state index in [0.717, 1.165) is 11.3 Å². The quantitative estimate of drug-likeness (QED) is 0.859. The molecule has 2 N–H and O–H groups in total. The van der Waals surface area contributed by atoms with Crippen LogP contribution in [-0.4, -0.2) is 30.3 Å². The molecule has 0 spiro atoms. The maximum atomic E-state index is 12.2. The maximum absolute atomic E-state index is 12.2. The summed E-state index contributed by atoms with van der Waals surface area (Å²) in [7, 11) is 1.61. The Balaban J connectivity index is 1.94. The maximum Gasteiger partial charge on any atom is 0.254 e. The van der Waals surface area contributed by atoms with Crippen LogP contribution in [0.2, 0.25) is 0 Å². The Morgan fingerprint density at radius 1 is 1.30 bits per heavy atom. The number of methoxy groups -OCH3 is 1. The van der Waals surface area contributed by atoms with Gasteiger partial charge in [0, 0.05) is 13.0 Å². The molecule has 0 bridgehead atoms. The number of rotatable bonds is 6. The van der Waals surface area contributed by atoms with Gasteiger partial charge in [-0.15, -0.1) is 0 Å². The van der Waals surface area contributed by atoms with Gasteiger partial charge in [-0.3, -0.25) is 4.79 Å². The zero-order valence-electron chi connectivity index (χ0n) is 14.0. The van der Waals surface area contributed by atoms with E-state index < -0.39 is 5.60 Å². The van der Waals surface area contributed by atoms with Gasteiger partial charge in [-0.05, 0) is 44.5 Å². The molecule has 5 nitrogen and oxygen atoms in total. The number of hydrogen-bond acceptors (Lipinski definition) is 4. The summed E-state index contributed by atoms with van der Waals surface area (Å²) in [5.41, 5.74) is 0.430. The first kappa shape index (κ1) is 17.1. The molecule has 5 heteroatoms. The zero-order chi connectivity index (χ0) is 17.0. The Labute approximate surface area is 136 Å².